The van der Waals surface area contributed by atoms with Gasteiger partial charge in [-0.25, -0.2) is 0 Å². The van der Waals surface area contributed by atoms with Crippen molar-refractivity contribution in [3.8, 4) is 0 Å². The number of carbonyl (C=O) groups excluding carboxylic acids is 2. The van der Waals surface area contributed by atoms with E-state index in [0.717, 1.165) is 5.56 Å². The van der Waals surface area contributed by atoms with Crippen molar-refractivity contribution < 1.29 is 14.5 Å². The van der Waals surface area contributed by atoms with Crippen LogP contribution in [-0.4, -0.2) is 46.3 Å². The van der Waals surface area contributed by atoms with Crippen LogP contribution in [0.15, 0.2) is 48.5 Å². The van der Waals surface area contributed by atoms with Crippen LogP contribution in [0.5, 0.6) is 0 Å². The van der Waals surface area contributed by atoms with Gasteiger partial charge in [0, 0.05) is 36.4 Å². The summed E-state index contributed by atoms with van der Waals surface area (Å²) < 4.78 is 0. The molecule has 0 saturated heterocycles. The summed E-state index contributed by atoms with van der Waals surface area (Å²) in [5, 5.41) is 17.5. The molecule has 2 aromatic carbocycles. The number of amides is 2. The lowest BCUT2D eigenvalue weighted by molar-refractivity contribution is -0.384. The molecule has 1 atom stereocenters. The molecule has 1 aliphatic rings. The van der Waals surface area contributed by atoms with Crippen molar-refractivity contribution in [2.45, 2.75) is 51.6 Å². The number of hydrogen-bond donors (Lipinski definition) is 2. The van der Waals surface area contributed by atoms with Crippen molar-refractivity contribution in [1.29, 1.82) is 0 Å². The van der Waals surface area contributed by atoms with Gasteiger partial charge in [-0.15, -0.1) is 0 Å². The van der Waals surface area contributed by atoms with Crippen LogP contribution in [0.2, 0.25) is 0 Å². The third-order valence-corrected chi connectivity index (χ3v) is 5.32. The quantitative estimate of drug-likeness (QED) is 0.528. The fourth-order valence-electron chi connectivity index (χ4n) is 3.83. The molecule has 1 heterocycles. The molecule has 2 N–H and O–H groups in total. The molecular weight excluding hydrogens is 408 g/mol. The number of hydrogen-bond acceptors (Lipinski definition) is 5. The second-order valence-corrected chi connectivity index (χ2v) is 9.05. The Balaban J connectivity index is 1.95. The fraction of sp³-hybridized carbons (Fsp3) is 0.417. The van der Waals surface area contributed by atoms with E-state index in [2.05, 4.69) is 10.6 Å². The number of aryl methyl sites for hydroxylation is 1. The largest absolute Gasteiger partial charge is 0.384 e. The molecule has 2 amide bonds. The van der Waals surface area contributed by atoms with Crippen molar-refractivity contribution in [3.05, 3.63) is 69.8 Å². The van der Waals surface area contributed by atoms with Crippen molar-refractivity contribution in [2.24, 2.45) is 0 Å². The fourth-order valence-corrected chi connectivity index (χ4v) is 3.83. The predicted molar refractivity (Wildman–Crippen MR) is 124 cm³/mol. The maximum absolute atomic E-state index is 13.6. The van der Waals surface area contributed by atoms with Gasteiger partial charge in [-0.2, -0.15) is 0 Å². The summed E-state index contributed by atoms with van der Waals surface area (Å²) in [6.45, 7) is 6.68. The Labute approximate surface area is 188 Å². The van der Waals surface area contributed by atoms with Crippen LogP contribution in [0.3, 0.4) is 0 Å². The lowest BCUT2D eigenvalue weighted by atomic mass is 9.99. The highest BCUT2D eigenvalue weighted by molar-refractivity contribution is 6.02. The van der Waals surface area contributed by atoms with Crippen LogP contribution >= 0.6 is 0 Å². The number of fused-ring (bicyclic) bond motifs is 1. The average molecular weight is 439 g/mol. The molecule has 0 bridgehead atoms. The van der Waals surface area contributed by atoms with Gasteiger partial charge >= 0.3 is 0 Å². The number of rotatable bonds is 6. The summed E-state index contributed by atoms with van der Waals surface area (Å²) in [6.07, 6.45) is 1.75. The smallest absolute Gasteiger partial charge is 0.270 e. The van der Waals surface area contributed by atoms with E-state index >= 15 is 0 Å². The number of non-ortho nitro benzene ring substituents is 1. The summed E-state index contributed by atoms with van der Waals surface area (Å²) in [5.74, 6) is -0.597. The zero-order valence-electron chi connectivity index (χ0n) is 18.8. The number of nitro benzene ring substituents is 1. The van der Waals surface area contributed by atoms with Gasteiger partial charge in [-0.05, 0) is 51.7 Å². The molecule has 0 spiro atoms. The highest BCUT2D eigenvalue weighted by Gasteiger charge is 2.34. The van der Waals surface area contributed by atoms with Crippen LogP contribution in [0.25, 0.3) is 0 Å². The van der Waals surface area contributed by atoms with Gasteiger partial charge < -0.3 is 15.5 Å². The number of nitrogens with zero attached hydrogens (tertiary/aromatic N) is 2. The molecule has 0 fully saturated rings. The van der Waals surface area contributed by atoms with Crippen LogP contribution in [0.1, 0.15) is 49.5 Å². The Morgan fingerprint density at radius 3 is 2.59 bits per heavy atom. The maximum Gasteiger partial charge on any atom is 0.270 e. The lowest BCUT2D eigenvalue weighted by Crippen LogP contribution is -2.54. The molecule has 2 aromatic rings. The number of benzene rings is 2. The van der Waals surface area contributed by atoms with Gasteiger partial charge in [0.1, 0.15) is 6.04 Å². The molecular formula is C24H30N4O4. The van der Waals surface area contributed by atoms with Crippen molar-refractivity contribution >= 4 is 23.2 Å². The zero-order chi connectivity index (χ0) is 23.3. The minimum Gasteiger partial charge on any atom is -0.384 e. The third-order valence-electron chi connectivity index (χ3n) is 5.32. The number of anilines is 1. The Hall–Kier alpha value is -3.42. The Bertz CT molecular complexity index is 985. The van der Waals surface area contributed by atoms with Gasteiger partial charge in [0.25, 0.3) is 11.6 Å². The maximum atomic E-state index is 13.6. The van der Waals surface area contributed by atoms with E-state index in [1.165, 1.54) is 12.1 Å². The summed E-state index contributed by atoms with van der Waals surface area (Å²) in [7, 11) is 0. The number of carbonyl (C=O) groups is 2. The van der Waals surface area contributed by atoms with Crippen LogP contribution < -0.4 is 10.6 Å². The van der Waals surface area contributed by atoms with Crippen molar-refractivity contribution in [3.63, 3.8) is 0 Å². The molecule has 0 radical (unpaired) electrons. The molecule has 0 aliphatic carbocycles. The monoisotopic (exact) mass is 438 g/mol. The van der Waals surface area contributed by atoms with E-state index in [1.54, 1.807) is 11.0 Å². The highest BCUT2D eigenvalue weighted by atomic mass is 16.6. The number of nitro groups is 1. The number of nitrogens with one attached hydrogen (secondary N) is 2. The molecule has 8 heteroatoms. The molecule has 0 saturated carbocycles. The Morgan fingerprint density at radius 1 is 1.22 bits per heavy atom. The Kier molecular flexibility index (Phi) is 7.12. The van der Waals surface area contributed by atoms with E-state index in [1.807, 2.05) is 51.1 Å². The van der Waals surface area contributed by atoms with Gasteiger partial charge in [0.05, 0.1) is 10.5 Å². The first-order valence-electron chi connectivity index (χ1n) is 10.8. The molecule has 3 rings (SSSR count). The van der Waals surface area contributed by atoms with E-state index < -0.39 is 16.5 Å². The van der Waals surface area contributed by atoms with E-state index in [0.29, 0.717) is 38.0 Å². The van der Waals surface area contributed by atoms with Gasteiger partial charge in [-0.1, -0.05) is 30.3 Å². The average Bonchev–Trinajstić information content (AvgIpc) is 2.73. The van der Waals surface area contributed by atoms with Crippen LogP contribution in [-0.2, 0) is 11.2 Å². The molecule has 1 aliphatic heterocycles. The van der Waals surface area contributed by atoms with Crippen LogP contribution in [0.4, 0.5) is 11.4 Å². The van der Waals surface area contributed by atoms with Crippen LogP contribution in [0, 0.1) is 10.1 Å². The second kappa shape index (κ2) is 9.80. The van der Waals surface area contributed by atoms with Gasteiger partial charge in [-0.3, -0.25) is 19.7 Å². The lowest BCUT2D eigenvalue weighted by Gasteiger charge is -2.35. The molecule has 1 unspecified atom stereocenters. The first-order chi connectivity index (χ1) is 15.2. The topological polar surface area (TPSA) is 105 Å². The standard InChI is InChI=1S/C24H30N4O4/c1-24(2,3)26-22(29)21(13-10-17-8-5-4-6-9-17)27-15-7-14-25-20-12-11-18(28(31)32)16-19(20)23(27)30/h4-6,8-9,11-12,16,21,25H,7,10,13-15H2,1-3H3,(H,26,29). The first kappa shape index (κ1) is 23.2. The molecule has 32 heavy (non-hydrogen) atoms. The van der Waals surface area contributed by atoms with Gasteiger partial charge in [0.15, 0.2) is 0 Å². The summed E-state index contributed by atoms with van der Waals surface area (Å²) in [6, 6.07) is 13.4. The molecule has 170 valence electrons. The summed E-state index contributed by atoms with van der Waals surface area (Å²) >= 11 is 0. The van der Waals surface area contributed by atoms with E-state index in [4.69, 9.17) is 0 Å². The minimum atomic E-state index is -0.688. The first-order valence-corrected chi connectivity index (χ1v) is 10.8. The SMILES string of the molecule is CC(C)(C)NC(=O)C(CCc1ccccc1)N1CCCNc2ccc([N+](=O)[O-])cc2C1=O. The summed E-state index contributed by atoms with van der Waals surface area (Å²) in [4.78, 5) is 39.2. The molecule has 8 nitrogen and oxygen atoms in total. The minimum absolute atomic E-state index is 0.153. The third kappa shape index (κ3) is 5.84. The van der Waals surface area contributed by atoms with E-state index in [-0.39, 0.29) is 23.1 Å². The highest BCUT2D eigenvalue weighted by Crippen LogP contribution is 2.27. The normalized spacial score (nSPS) is 15.1. The summed E-state index contributed by atoms with van der Waals surface area (Å²) in [5.41, 5.74) is 1.24. The van der Waals surface area contributed by atoms with E-state index in [9.17, 15) is 19.7 Å². The van der Waals surface area contributed by atoms with Crippen molar-refractivity contribution in [1.82, 2.24) is 10.2 Å². The molecule has 0 aromatic heterocycles. The zero-order valence-corrected chi connectivity index (χ0v) is 18.8. The van der Waals surface area contributed by atoms with Gasteiger partial charge in [0.2, 0.25) is 5.91 Å². The van der Waals surface area contributed by atoms with Crippen molar-refractivity contribution in [2.75, 3.05) is 18.4 Å². The Morgan fingerprint density at radius 2 is 1.94 bits per heavy atom. The predicted octanol–water partition coefficient (Wildman–Crippen LogP) is 3.77. The second-order valence-electron chi connectivity index (χ2n) is 9.05.